The standard InChI is InChI=1S/C16H19N3O2S/c1-2-15-14-8-10-19(11-9-16(14)18-12-17-15)22(20,21)13-6-4-3-5-7-13/h3-7,12H,2,8-11H2,1H3. The van der Waals surface area contributed by atoms with E-state index in [1.54, 1.807) is 34.9 Å². The Labute approximate surface area is 131 Å². The zero-order valence-corrected chi connectivity index (χ0v) is 13.4. The van der Waals surface area contributed by atoms with E-state index in [1.165, 1.54) is 0 Å². The highest BCUT2D eigenvalue weighted by atomic mass is 32.2. The van der Waals surface area contributed by atoms with Gasteiger partial charge in [0.05, 0.1) is 4.90 Å². The second kappa shape index (κ2) is 6.14. The van der Waals surface area contributed by atoms with Crippen LogP contribution in [0.1, 0.15) is 23.9 Å². The van der Waals surface area contributed by atoms with Gasteiger partial charge in [0.15, 0.2) is 0 Å². The largest absolute Gasteiger partial charge is 0.243 e. The van der Waals surface area contributed by atoms with Gasteiger partial charge in [-0.3, -0.25) is 0 Å². The molecule has 0 spiro atoms. The lowest BCUT2D eigenvalue weighted by atomic mass is 10.1. The molecule has 22 heavy (non-hydrogen) atoms. The van der Waals surface area contributed by atoms with Gasteiger partial charge in [0, 0.05) is 30.9 Å². The zero-order chi connectivity index (χ0) is 15.6. The van der Waals surface area contributed by atoms with Crippen molar-refractivity contribution < 1.29 is 8.42 Å². The highest BCUT2D eigenvalue weighted by Crippen LogP contribution is 2.22. The lowest BCUT2D eigenvalue weighted by molar-refractivity contribution is 0.426. The van der Waals surface area contributed by atoms with Crippen LogP contribution in [0.5, 0.6) is 0 Å². The van der Waals surface area contributed by atoms with Crippen molar-refractivity contribution in [2.45, 2.75) is 31.1 Å². The number of aromatic nitrogens is 2. The molecule has 0 saturated heterocycles. The minimum atomic E-state index is -3.44. The smallest absolute Gasteiger partial charge is 0.241 e. The summed E-state index contributed by atoms with van der Waals surface area (Å²) >= 11 is 0. The molecule has 1 aliphatic rings. The lowest BCUT2D eigenvalue weighted by Crippen LogP contribution is -2.33. The highest BCUT2D eigenvalue weighted by molar-refractivity contribution is 7.89. The topological polar surface area (TPSA) is 63.2 Å². The van der Waals surface area contributed by atoms with Crippen molar-refractivity contribution in [2.24, 2.45) is 0 Å². The zero-order valence-electron chi connectivity index (χ0n) is 12.6. The quantitative estimate of drug-likeness (QED) is 0.866. The second-order valence-electron chi connectivity index (χ2n) is 5.32. The summed E-state index contributed by atoms with van der Waals surface area (Å²) in [5.41, 5.74) is 3.14. The Bertz CT molecular complexity index is 760. The normalized spacial score (nSPS) is 16.0. The first-order chi connectivity index (χ1) is 10.6. The molecule has 0 N–H and O–H groups in total. The number of benzene rings is 1. The van der Waals surface area contributed by atoms with Gasteiger partial charge in [-0.25, -0.2) is 18.4 Å². The highest BCUT2D eigenvalue weighted by Gasteiger charge is 2.27. The van der Waals surface area contributed by atoms with Gasteiger partial charge in [-0.05, 0) is 30.5 Å². The van der Waals surface area contributed by atoms with Gasteiger partial charge in [0.1, 0.15) is 6.33 Å². The van der Waals surface area contributed by atoms with E-state index in [9.17, 15) is 8.42 Å². The summed E-state index contributed by atoms with van der Waals surface area (Å²) in [6, 6.07) is 8.61. The molecule has 5 nitrogen and oxygen atoms in total. The van der Waals surface area contributed by atoms with Crippen molar-refractivity contribution in [3.63, 3.8) is 0 Å². The molecule has 0 saturated carbocycles. The third kappa shape index (κ3) is 2.76. The Kier molecular flexibility index (Phi) is 4.22. The predicted octanol–water partition coefficient (Wildman–Crippen LogP) is 1.83. The van der Waals surface area contributed by atoms with E-state index in [4.69, 9.17) is 0 Å². The molecular weight excluding hydrogens is 298 g/mol. The van der Waals surface area contributed by atoms with Crippen LogP contribution in [0.15, 0.2) is 41.6 Å². The van der Waals surface area contributed by atoms with E-state index in [0.717, 1.165) is 23.4 Å². The number of nitrogens with zero attached hydrogens (tertiary/aromatic N) is 3. The Morgan fingerprint density at radius 1 is 1.09 bits per heavy atom. The van der Waals surface area contributed by atoms with E-state index in [2.05, 4.69) is 16.9 Å². The van der Waals surface area contributed by atoms with Gasteiger partial charge < -0.3 is 0 Å². The van der Waals surface area contributed by atoms with Crippen molar-refractivity contribution in [1.82, 2.24) is 14.3 Å². The number of aryl methyl sites for hydroxylation is 1. The van der Waals surface area contributed by atoms with E-state index in [1.807, 2.05) is 6.07 Å². The first-order valence-electron chi connectivity index (χ1n) is 7.49. The van der Waals surface area contributed by atoms with Gasteiger partial charge in [0.2, 0.25) is 10.0 Å². The van der Waals surface area contributed by atoms with Crippen molar-refractivity contribution in [3.8, 4) is 0 Å². The molecule has 6 heteroatoms. The molecule has 1 aromatic heterocycles. The molecule has 0 aliphatic carbocycles. The second-order valence-corrected chi connectivity index (χ2v) is 7.25. The third-order valence-corrected chi connectivity index (χ3v) is 5.96. The molecule has 0 atom stereocenters. The monoisotopic (exact) mass is 317 g/mol. The first kappa shape index (κ1) is 15.1. The average molecular weight is 317 g/mol. The number of hydrogen-bond donors (Lipinski definition) is 0. The summed E-state index contributed by atoms with van der Waals surface area (Å²) in [5.74, 6) is 0. The van der Waals surface area contributed by atoms with E-state index in [0.29, 0.717) is 30.8 Å². The van der Waals surface area contributed by atoms with Crippen LogP contribution in [-0.4, -0.2) is 35.8 Å². The molecule has 0 unspecified atom stereocenters. The maximum atomic E-state index is 12.7. The number of sulfonamides is 1. The van der Waals surface area contributed by atoms with Crippen LogP contribution in [0.25, 0.3) is 0 Å². The van der Waals surface area contributed by atoms with Crippen LogP contribution in [0.2, 0.25) is 0 Å². The number of rotatable bonds is 3. The number of hydrogen-bond acceptors (Lipinski definition) is 4. The molecule has 3 rings (SSSR count). The maximum absolute atomic E-state index is 12.7. The van der Waals surface area contributed by atoms with Gasteiger partial charge >= 0.3 is 0 Å². The summed E-state index contributed by atoms with van der Waals surface area (Å²) in [6.07, 6.45) is 3.73. The van der Waals surface area contributed by atoms with Crippen molar-refractivity contribution in [2.75, 3.05) is 13.1 Å². The fourth-order valence-corrected chi connectivity index (χ4v) is 4.32. The van der Waals surface area contributed by atoms with Gasteiger partial charge in [-0.2, -0.15) is 4.31 Å². The van der Waals surface area contributed by atoms with E-state index in [-0.39, 0.29) is 0 Å². The van der Waals surface area contributed by atoms with Crippen molar-refractivity contribution in [1.29, 1.82) is 0 Å². The first-order valence-corrected chi connectivity index (χ1v) is 8.93. The molecule has 0 radical (unpaired) electrons. The van der Waals surface area contributed by atoms with E-state index < -0.39 is 10.0 Å². The molecule has 1 aliphatic heterocycles. The summed E-state index contributed by atoms with van der Waals surface area (Å²) in [6.45, 7) is 3.00. The van der Waals surface area contributed by atoms with E-state index >= 15 is 0 Å². The lowest BCUT2D eigenvalue weighted by Gasteiger charge is -2.19. The Morgan fingerprint density at radius 3 is 2.55 bits per heavy atom. The van der Waals surface area contributed by atoms with Crippen LogP contribution in [0.4, 0.5) is 0 Å². The van der Waals surface area contributed by atoms with Gasteiger partial charge in [-0.1, -0.05) is 25.1 Å². The minimum absolute atomic E-state index is 0.350. The molecule has 0 bridgehead atoms. The Morgan fingerprint density at radius 2 is 1.82 bits per heavy atom. The van der Waals surface area contributed by atoms with Crippen LogP contribution < -0.4 is 0 Å². The fourth-order valence-electron chi connectivity index (χ4n) is 2.86. The molecule has 1 aromatic carbocycles. The minimum Gasteiger partial charge on any atom is -0.241 e. The van der Waals surface area contributed by atoms with Gasteiger partial charge in [0.25, 0.3) is 0 Å². The average Bonchev–Trinajstić information content (AvgIpc) is 2.78. The van der Waals surface area contributed by atoms with Gasteiger partial charge in [-0.15, -0.1) is 0 Å². The van der Waals surface area contributed by atoms with Crippen LogP contribution in [0.3, 0.4) is 0 Å². The molecular formula is C16H19N3O2S. The van der Waals surface area contributed by atoms with Crippen molar-refractivity contribution >= 4 is 10.0 Å². The summed E-state index contributed by atoms with van der Waals surface area (Å²) in [4.78, 5) is 9.01. The third-order valence-electron chi connectivity index (χ3n) is 4.05. The fraction of sp³-hybridized carbons (Fsp3) is 0.375. The van der Waals surface area contributed by atoms with Crippen molar-refractivity contribution in [3.05, 3.63) is 53.6 Å². The van der Waals surface area contributed by atoms with Crippen LogP contribution in [-0.2, 0) is 29.3 Å². The van der Waals surface area contributed by atoms with Crippen LogP contribution >= 0.6 is 0 Å². The molecule has 0 fully saturated rings. The molecule has 2 heterocycles. The molecule has 116 valence electrons. The molecule has 2 aromatic rings. The summed E-state index contributed by atoms with van der Waals surface area (Å²) in [7, 11) is -3.44. The summed E-state index contributed by atoms with van der Waals surface area (Å²) in [5, 5.41) is 0. The van der Waals surface area contributed by atoms with Crippen LogP contribution in [0, 0.1) is 0 Å². The Hall–Kier alpha value is -1.79. The SMILES string of the molecule is CCc1ncnc2c1CCN(S(=O)(=O)c1ccccc1)CC2. The maximum Gasteiger partial charge on any atom is 0.243 e. The number of fused-ring (bicyclic) bond motifs is 1. The summed E-state index contributed by atoms with van der Waals surface area (Å²) < 4.78 is 27.0. The Balaban J connectivity index is 1.89. The predicted molar refractivity (Wildman–Crippen MR) is 84.0 cm³/mol. The molecule has 0 amide bonds.